The maximum Gasteiger partial charge on any atom is 0.307 e. The Morgan fingerprint density at radius 3 is 2.20 bits per heavy atom. The summed E-state index contributed by atoms with van der Waals surface area (Å²) in [5.74, 6) is -0.930. The number of ether oxygens (including phenoxy) is 1. The molecular formula is C23H25ClN2O4. The van der Waals surface area contributed by atoms with Crippen molar-refractivity contribution >= 4 is 34.9 Å². The number of piperazine rings is 1. The summed E-state index contributed by atoms with van der Waals surface area (Å²) in [4.78, 5) is 40.8. The first-order valence-electron chi connectivity index (χ1n) is 10.0. The molecule has 1 heterocycles. The molecular weight excluding hydrogens is 404 g/mol. The van der Waals surface area contributed by atoms with E-state index in [-0.39, 0.29) is 24.5 Å². The lowest BCUT2D eigenvalue weighted by atomic mass is 10.1. The van der Waals surface area contributed by atoms with E-state index < -0.39 is 12.1 Å². The van der Waals surface area contributed by atoms with Gasteiger partial charge in [0.1, 0.15) is 0 Å². The molecule has 3 rings (SSSR count). The first-order valence-corrected chi connectivity index (χ1v) is 10.4. The van der Waals surface area contributed by atoms with Crippen LogP contribution in [-0.4, -0.2) is 54.8 Å². The molecule has 0 aliphatic carbocycles. The number of halogens is 1. The van der Waals surface area contributed by atoms with Crippen molar-refractivity contribution < 1.29 is 19.1 Å². The number of para-hydroxylation sites is 1. The van der Waals surface area contributed by atoms with Crippen LogP contribution in [0.25, 0.3) is 0 Å². The van der Waals surface area contributed by atoms with Gasteiger partial charge in [-0.3, -0.25) is 14.4 Å². The van der Waals surface area contributed by atoms with Crippen molar-refractivity contribution in [3.8, 4) is 0 Å². The van der Waals surface area contributed by atoms with Gasteiger partial charge in [0.2, 0.25) is 0 Å². The van der Waals surface area contributed by atoms with Crippen molar-refractivity contribution in [3.05, 3.63) is 65.2 Å². The Labute approximate surface area is 181 Å². The lowest BCUT2D eigenvalue weighted by molar-refractivity contribution is -0.159. The van der Waals surface area contributed by atoms with Gasteiger partial charge in [0.25, 0.3) is 5.91 Å². The molecule has 2 aromatic carbocycles. The van der Waals surface area contributed by atoms with Crippen LogP contribution >= 0.6 is 11.6 Å². The number of esters is 1. The zero-order chi connectivity index (χ0) is 21.5. The minimum absolute atomic E-state index is 0.0249. The first kappa shape index (κ1) is 21.8. The molecule has 0 saturated carbocycles. The second-order valence-corrected chi connectivity index (χ2v) is 7.65. The van der Waals surface area contributed by atoms with E-state index in [9.17, 15) is 14.4 Å². The number of nitrogens with zero attached hydrogens (tertiary/aromatic N) is 2. The van der Waals surface area contributed by atoms with E-state index in [0.717, 1.165) is 18.8 Å². The third-order valence-corrected chi connectivity index (χ3v) is 5.34. The van der Waals surface area contributed by atoms with Crippen molar-refractivity contribution in [1.82, 2.24) is 4.90 Å². The standard InChI is InChI=1S/C23H25ClN2O4/c1-17(30-22(28)12-11-21(27)18-7-9-19(24)10-8-18)23(29)26-15-13-25(14-16-26)20-5-3-2-4-6-20/h2-10,17H,11-16H2,1H3. The van der Waals surface area contributed by atoms with Gasteiger partial charge < -0.3 is 14.5 Å². The average Bonchev–Trinajstić information content (AvgIpc) is 2.78. The van der Waals surface area contributed by atoms with Gasteiger partial charge in [-0.2, -0.15) is 0 Å². The summed E-state index contributed by atoms with van der Waals surface area (Å²) in [6.07, 6.45) is -0.913. The van der Waals surface area contributed by atoms with Crippen LogP contribution in [0, 0.1) is 0 Å². The van der Waals surface area contributed by atoms with Crippen molar-refractivity contribution in [2.24, 2.45) is 0 Å². The Kier molecular flexibility index (Phi) is 7.46. The molecule has 2 aromatic rings. The number of anilines is 1. The molecule has 0 radical (unpaired) electrons. The molecule has 0 spiro atoms. The number of benzene rings is 2. The number of hydrogen-bond acceptors (Lipinski definition) is 5. The molecule has 1 atom stereocenters. The van der Waals surface area contributed by atoms with E-state index in [0.29, 0.717) is 23.7 Å². The Morgan fingerprint density at radius 2 is 1.57 bits per heavy atom. The molecule has 30 heavy (non-hydrogen) atoms. The van der Waals surface area contributed by atoms with Crippen molar-refractivity contribution in [2.45, 2.75) is 25.9 Å². The molecule has 0 bridgehead atoms. The van der Waals surface area contributed by atoms with Gasteiger partial charge in [0.15, 0.2) is 11.9 Å². The monoisotopic (exact) mass is 428 g/mol. The van der Waals surface area contributed by atoms with E-state index in [1.54, 1.807) is 36.1 Å². The van der Waals surface area contributed by atoms with Gasteiger partial charge in [0.05, 0.1) is 6.42 Å². The fourth-order valence-electron chi connectivity index (χ4n) is 3.38. The molecule has 1 fully saturated rings. The molecule has 0 N–H and O–H groups in total. The number of ketones is 1. The highest BCUT2D eigenvalue weighted by Crippen LogP contribution is 2.17. The van der Waals surface area contributed by atoms with Crippen LogP contribution in [-0.2, 0) is 14.3 Å². The minimum atomic E-state index is -0.869. The van der Waals surface area contributed by atoms with Crippen molar-refractivity contribution in [3.63, 3.8) is 0 Å². The summed E-state index contributed by atoms with van der Waals surface area (Å²) in [7, 11) is 0. The fraction of sp³-hybridized carbons (Fsp3) is 0.348. The summed E-state index contributed by atoms with van der Waals surface area (Å²) in [6, 6.07) is 16.6. The van der Waals surface area contributed by atoms with Gasteiger partial charge in [-0.15, -0.1) is 0 Å². The van der Waals surface area contributed by atoms with Gasteiger partial charge in [-0.25, -0.2) is 0 Å². The number of rotatable bonds is 7. The van der Waals surface area contributed by atoms with Crippen LogP contribution in [0.3, 0.4) is 0 Å². The Hall–Kier alpha value is -2.86. The molecule has 1 unspecified atom stereocenters. The van der Waals surface area contributed by atoms with E-state index >= 15 is 0 Å². The van der Waals surface area contributed by atoms with Crippen LogP contribution in [0.2, 0.25) is 5.02 Å². The van der Waals surface area contributed by atoms with Crippen molar-refractivity contribution in [1.29, 1.82) is 0 Å². The van der Waals surface area contributed by atoms with Crippen LogP contribution in [0.1, 0.15) is 30.1 Å². The van der Waals surface area contributed by atoms with Crippen LogP contribution in [0.4, 0.5) is 5.69 Å². The highest BCUT2D eigenvalue weighted by molar-refractivity contribution is 6.30. The topological polar surface area (TPSA) is 66.9 Å². The number of carbonyl (C=O) groups is 3. The smallest absolute Gasteiger partial charge is 0.307 e. The number of Topliss-reactive ketones (excluding diaryl/α,β-unsaturated/α-hetero) is 1. The van der Waals surface area contributed by atoms with Gasteiger partial charge in [-0.05, 0) is 43.3 Å². The summed E-state index contributed by atoms with van der Waals surface area (Å²) >= 11 is 5.81. The zero-order valence-electron chi connectivity index (χ0n) is 16.9. The first-order chi connectivity index (χ1) is 14.4. The molecule has 158 valence electrons. The summed E-state index contributed by atoms with van der Waals surface area (Å²) in [5, 5.41) is 0.544. The van der Waals surface area contributed by atoms with Gasteiger partial charge in [-0.1, -0.05) is 29.8 Å². The van der Waals surface area contributed by atoms with Crippen molar-refractivity contribution in [2.75, 3.05) is 31.1 Å². The molecule has 1 saturated heterocycles. The second-order valence-electron chi connectivity index (χ2n) is 7.21. The molecule has 7 heteroatoms. The third kappa shape index (κ3) is 5.83. The Balaban J connectivity index is 1.42. The quantitative estimate of drug-likeness (QED) is 0.498. The number of hydrogen-bond donors (Lipinski definition) is 0. The third-order valence-electron chi connectivity index (χ3n) is 5.09. The maximum atomic E-state index is 12.6. The molecule has 0 aromatic heterocycles. The largest absolute Gasteiger partial charge is 0.453 e. The zero-order valence-corrected chi connectivity index (χ0v) is 17.7. The van der Waals surface area contributed by atoms with Crippen LogP contribution in [0.15, 0.2) is 54.6 Å². The summed E-state index contributed by atoms with van der Waals surface area (Å²) < 4.78 is 5.27. The van der Waals surface area contributed by atoms with E-state index in [1.165, 1.54) is 0 Å². The number of amides is 1. The van der Waals surface area contributed by atoms with Crippen LogP contribution < -0.4 is 4.90 Å². The summed E-state index contributed by atoms with van der Waals surface area (Å²) in [6.45, 7) is 4.18. The molecule has 6 nitrogen and oxygen atoms in total. The average molecular weight is 429 g/mol. The Bertz CT molecular complexity index is 878. The highest BCUT2D eigenvalue weighted by Gasteiger charge is 2.27. The lowest BCUT2D eigenvalue weighted by Gasteiger charge is -2.37. The van der Waals surface area contributed by atoms with Crippen LogP contribution in [0.5, 0.6) is 0 Å². The predicted molar refractivity (Wildman–Crippen MR) is 116 cm³/mol. The molecule has 1 amide bonds. The predicted octanol–water partition coefficient (Wildman–Crippen LogP) is 3.58. The summed E-state index contributed by atoms with van der Waals surface area (Å²) in [5.41, 5.74) is 1.63. The maximum absolute atomic E-state index is 12.6. The minimum Gasteiger partial charge on any atom is -0.453 e. The molecule has 1 aliphatic rings. The normalized spacial score (nSPS) is 14.9. The molecule has 1 aliphatic heterocycles. The fourth-order valence-corrected chi connectivity index (χ4v) is 3.51. The number of carbonyl (C=O) groups excluding carboxylic acids is 3. The Morgan fingerprint density at radius 1 is 0.933 bits per heavy atom. The highest BCUT2D eigenvalue weighted by atomic mass is 35.5. The van der Waals surface area contributed by atoms with E-state index in [1.807, 2.05) is 30.3 Å². The van der Waals surface area contributed by atoms with Gasteiger partial charge >= 0.3 is 5.97 Å². The van der Waals surface area contributed by atoms with Gasteiger partial charge in [0, 0.05) is 48.9 Å². The van der Waals surface area contributed by atoms with E-state index in [2.05, 4.69) is 4.90 Å². The van der Waals surface area contributed by atoms with E-state index in [4.69, 9.17) is 16.3 Å². The SMILES string of the molecule is CC(OC(=O)CCC(=O)c1ccc(Cl)cc1)C(=O)N1CCN(c2ccccc2)CC1. The second kappa shape index (κ2) is 10.3. The lowest BCUT2D eigenvalue weighted by Crippen LogP contribution is -2.51.